The smallest absolute Gasteiger partial charge is 0.210 e. The SMILES string of the molecule is O=S(=O)(NCC1(c2ccc(F)cc2)CC1)c1cc(Cl)ccc1Cl. The first-order valence-corrected chi connectivity index (χ1v) is 9.27. The van der Waals surface area contributed by atoms with Crippen LogP contribution in [-0.4, -0.2) is 15.0 Å². The summed E-state index contributed by atoms with van der Waals surface area (Å²) >= 11 is 11.8. The molecule has 3 nitrogen and oxygen atoms in total. The average Bonchev–Trinajstić information content (AvgIpc) is 3.30. The van der Waals surface area contributed by atoms with Crippen molar-refractivity contribution in [2.75, 3.05) is 6.54 Å². The second-order valence-corrected chi connectivity index (χ2v) is 8.27. The van der Waals surface area contributed by atoms with E-state index < -0.39 is 10.0 Å². The van der Waals surface area contributed by atoms with Gasteiger partial charge in [-0.2, -0.15) is 0 Å². The molecule has 0 bridgehead atoms. The number of hydrogen-bond acceptors (Lipinski definition) is 2. The van der Waals surface area contributed by atoms with Crippen LogP contribution in [0, 0.1) is 5.82 Å². The van der Waals surface area contributed by atoms with E-state index in [-0.39, 0.29) is 27.7 Å². The molecule has 0 aliphatic heterocycles. The van der Waals surface area contributed by atoms with Crippen molar-refractivity contribution in [2.24, 2.45) is 0 Å². The zero-order valence-electron chi connectivity index (χ0n) is 12.0. The first-order chi connectivity index (χ1) is 10.8. The van der Waals surface area contributed by atoms with Crippen LogP contribution in [0.4, 0.5) is 4.39 Å². The van der Waals surface area contributed by atoms with Crippen molar-refractivity contribution in [2.45, 2.75) is 23.2 Å². The molecule has 1 N–H and O–H groups in total. The lowest BCUT2D eigenvalue weighted by atomic mass is 9.96. The molecule has 0 heterocycles. The zero-order valence-corrected chi connectivity index (χ0v) is 14.3. The topological polar surface area (TPSA) is 46.2 Å². The molecule has 2 aromatic carbocycles. The van der Waals surface area contributed by atoms with Gasteiger partial charge in [-0.25, -0.2) is 17.5 Å². The first-order valence-electron chi connectivity index (χ1n) is 7.03. The van der Waals surface area contributed by atoms with E-state index in [1.54, 1.807) is 12.1 Å². The number of nitrogens with one attached hydrogen (secondary N) is 1. The monoisotopic (exact) mass is 373 g/mol. The average molecular weight is 374 g/mol. The molecule has 0 atom stereocenters. The molecular formula is C16H14Cl2FNO2S. The summed E-state index contributed by atoms with van der Waals surface area (Å²) in [5.74, 6) is -0.309. The summed E-state index contributed by atoms with van der Waals surface area (Å²) in [5.41, 5.74) is 0.657. The van der Waals surface area contributed by atoms with E-state index in [1.165, 1.54) is 30.3 Å². The molecule has 0 radical (unpaired) electrons. The van der Waals surface area contributed by atoms with Gasteiger partial charge in [-0.05, 0) is 48.7 Å². The maximum absolute atomic E-state index is 13.0. The van der Waals surface area contributed by atoms with Gasteiger partial charge in [0, 0.05) is 17.0 Å². The molecule has 0 saturated heterocycles. The van der Waals surface area contributed by atoms with E-state index >= 15 is 0 Å². The van der Waals surface area contributed by atoms with Gasteiger partial charge in [-0.1, -0.05) is 35.3 Å². The van der Waals surface area contributed by atoms with Gasteiger partial charge in [0.15, 0.2) is 0 Å². The maximum Gasteiger partial charge on any atom is 0.242 e. The number of hydrogen-bond donors (Lipinski definition) is 1. The summed E-state index contributed by atoms with van der Waals surface area (Å²) in [6.07, 6.45) is 1.70. The van der Waals surface area contributed by atoms with Crippen LogP contribution >= 0.6 is 23.2 Å². The summed E-state index contributed by atoms with van der Waals surface area (Å²) in [5, 5.41) is 0.419. The van der Waals surface area contributed by atoms with Crippen LogP contribution < -0.4 is 4.72 Å². The van der Waals surface area contributed by atoms with Crippen LogP contribution in [0.3, 0.4) is 0 Å². The Kier molecular flexibility index (Phi) is 4.40. The standard InChI is InChI=1S/C16H14Cl2FNO2S/c17-12-3-6-14(18)15(9-12)23(21,22)20-10-16(7-8-16)11-1-4-13(19)5-2-11/h1-6,9,20H,7-8,10H2. The fourth-order valence-electron chi connectivity index (χ4n) is 2.52. The van der Waals surface area contributed by atoms with Crippen molar-refractivity contribution in [3.63, 3.8) is 0 Å². The van der Waals surface area contributed by atoms with E-state index in [2.05, 4.69) is 4.72 Å². The minimum Gasteiger partial charge on any atom is -0.210 e. The summed E-state index contributed by atoms with van der Waals surface area (Å²) in [4.78, 5) is -0.0402. The third kappa shape index (κ3) is 3.53. The Hall–Kier alpha value is -1.14. The van der Waals surface area contributed by atoms with E-state index in [9.17, 15) is 12.8 Å². The van der Waals surface area contributed by atoms with Crippen LogP contribution in [0.25, 0.3) is 0 Å². The minimum atomic E-state index is -3.76. The minimum absolute atomic E-state index is 0.0402. The summed E-state index contributed by atoms with van der Waals surface area (Å²) in [6, 6.07) is 10.5. The number of halogens is 3. The van der Waals surface area contributed by atoms with Crippen LogP contribution in [0.15, 0.2) is 47.4 Å². The fraction of sp³-hybridized carbons (Fsp3) is 0.250. The van der Waals surface area contributed by atoms with E-state index in [4.69, 9.17) is 23.2 Å². The number of benzene rings is 2. The van der Waals surface area contributed by atoms with Crippen LogP contribution in [0.2, 0.25) is 10.0 Å². The normalized spacial score (nSPS) is 16.3. The summed E-state index contributed by atoms with van der Waals surface area (Å²) in [7, 11) is -3.76. The van der Waals surface area contributed by atoms with Crippen molar-refractivity contribution in [1.82, 2.24) is 4.72 Å². The predicted molar refractivity (Wildman–Crippen MR) is 89.0 cm³/mol. The van der Waals surface area contributed by atoms with Gasteiger partial charge in [0.25, 0.3) is 0 Å². The van der Waals surface area contributed by atoms with Crippen molar-refractivity contribution >= 4 is 33.2 Å². The van der Waals surface area contributed by atoms with Crippen molar-refractivity contribution in [1.29, 1.82) is 0 Å². The lowest BCUT2D eigenvalue weighted by Crippen LogP contribution is -2.32. The molecule has 7 heteroatoms. The Balaban J connectivity index is 1.79. The molecule has 1 aliphatic rings. The van der Waals surface area contributed by atoms with Crippen LogP contribution in [0.1, 0.15) is 18.4 Å². The Morgan fingerprint density at radius 1 is 1.09 bits per heavy atom. The van der Waals surface area contributed by atoms with Gasteiger partial charge in [0.1, 0.15) is 10.7 Å². The predicted octanol–water partition coefficient (Wildman–Crippen LogP) is 4.14. The fourth-order valence-corrected chi connectivity index (χ4v) is 4.40. The van der Waals surface area contributed by atoms with Crippen molar-refractivity contribution < 1.29 is 12.8 Å². The highest BCUT2D eigenvalue weighted by Gasteiger charge is 2.44. The Morgan fingerprint density at radius 2 is 1.74 bits per heavy atom. The van der Waals surface area contributed by atoms with E-state index in [0.717, 1.165) is 18.4 Å². The molecule has 0 unspecified atom stereocenters. The van der Waals surface area contributed by atoms with Gasteiger partial charge in [0.2, 0.25) is 10.0 Å². The Morgan fingerprint density at radius 3 is 2.35 bits per heavy atom. The van der Waals surface area contributed by atoms with Crippen molar-refractivity contribution in [3.05, 3.63) is 63.9 Å². The Bertz CT molecular complexity index is 834. The molecule has 3 rings (SSSR count). The molecule has 122 valence electrons. The second-order valence-electron chi connectivity index (χ2n) is 5.69. The lowest BCUT2D eigenvalue weighted by Gasteiger charge is -2.17. The zero-order chi connectivity index (χ0) is 16.7. The third-order valence-corrected chi connectivity index (χ3v) is 6.21. The van der Waals surface area contributed by atoms with Gasteiger partial charge in [-0.15, -0.1) is 0 Å². The maximum atomic E-state index is 13.0. The highest BCUT2D eigenvalue weighted by molar-refractivity contribution is 7.89. The first kappa shape index (κ1) is 16.7. The van der Waals surface area contributed by atoms with E-state index in [1.807, 2.05) is 0 Å². The molecule has 0 aromatic heterocycles. The van der Waals surface area contributed by atoms with Gasteiger partial charge in [-0.3, -0.25) is 0 Å². The second kappa shape index (κ2) is 6.06. The molecule has 0 spiro atoms. The molecule has 1 fully saturated rings. The molecule has 2 aromatic rings. The third-order valence-electron chi connectivity index (χ3n) is 4.09. The lowest BCUT2D eigenvalue weighted by molar-refractivity contribution is 0.566. The van der Waals surface area contributed by atoms with Crippen molar-refractivity contribution in [3.8, 4) is 0 Å². The molecular weight excluding hydrogens is 360 g/mol. The van der Waals surface area contributed by atoms with Crippen LogP contribution in [0.5, 0.6) is 0 Å². The largest absolute Gasteiger partial charge is 0.242 e. The molecule has 1 saturated carbocycles. The molecule has 23 heavy (non-hydrogen) atoms. The highest BCUT2D eigenvalue weighted by Crippen LogP contribution is 2.47. The Labute approximate surface area is 144 Å². The summed E-state index contributed by atoms with van der Waals surface area (Å²) < 4.78 is 40.5. The van der Waals surface area contributed by atoms with Gasteiger partial charge >= 0.3 is 0 Å². The van der Waals surface area contributed by atoms with Gasteiger partial charge in [0.05, 0.1) is 5.02 Å². The summed E-state index contributed by atoms with van der Waals surface area (Å²) in [6.45, 7) is 0.240. The number of sulfonamides is 1. The number of rotatable bonds is 5. The highest BCUT2D eigenvalue weighted by atomic mass is 35.5. The van der Waals surface area contributed by atoms with Gasteiger partial charge < -0.3 is 0 Å². The quantitative estimate of drug-likeness (QED) is 0.855. The van der Waals surface area contributed by atoms with Crippen LogP contribution in [-0.2, 0) is 15.4 Å². The molecule has 0 amide bonds. The molecule has 1 aliphatic carbocycles. The van der Waals surface area contributed by atoms with E-state index in [0.29, 0.717) is 5.02 Å².